The van der Waals surface area contributed by atoms with Crippen molar-refractivity contribution in [1.82, 2.24) is 9.97 Å². The van der Waals surface area contributed by atoms with Crippen molar-refractivity contribution in [2.45, 2.75) is 25.0 Å². The molecule has 0 bridgehead atoms. The van der Waals surface area contributed by atoms with Crippen molar-refractivity contribution >= 4 is 27.1 Å². The lowest BCUT2D eigenvalue weighted by atomic mass is 10.0. The van der Waals surface area contributed by atoms with E-state index in [2.05, 4.69) is 14.2 Å². The Morgan fingerprint density at radius 1 is 1.41 bits per heavy atom. The molecule has 22 heavy (non-hydrogen) atoms. The third kappa shape index (κ3) is 2.40. The largest absolute Gasteiger partial charge is 0.523 e. The minimum atomic E-state index is -5.62. The quantitative estimate of drug-likeness (QED) is 0.678. The van der Waals surface area contributed by atoms with Gasteiger partial charge in [-0.3, -0.25) is 9.17 Å². The highest BCUT2D eigenvalue weighted by molar-refractivity contribution is 7.87. The Morgan fingerprint density at radius 2 is 2.14 bits per heavy atom. The summed E-state index contributed by atoms with van der Waals surface area (Å²) in [5, 5.41) is 0.885. The molecule has 2 aromatic rings. The van der Waals surface area contributed by atoms with Crippen LogP contribution >= 0.6 is 0 Å². The first-order valence-corrected chi connectivity index (χ1v) is 7.74. The van der Waals surface area contributed by atoms with Crippen molar-refractivity contribution in [2.75, 3.05) is 0 Å². The number of hydrogen-bond donors (Lipinski definition) is 1. The van der Waals surface area contributed by atoms with Crippen LogP contribution in [-0.4, -0.2) is 30.0 Å². The number of H-pyrrole nitrogens is 1. The van der Waals surface area contributed by atoms with Gasteiger partial charge in [-0.1, -0.05) is 12.2 Å². The third-order valence-electron chi connectivity index (χ3n) is 3.45. The van der Waals surface area contributed by atoms with Crippen LogP contribution in [0.15, 0.2) is 18.3 Å². The summed E-state index contributed by atoms with van der Waals surface area (Å²) in [6, 6.07) is 1.79. The van der Waals surface area contributed by atoms with Gasteiger partial charge < -0.3 is 4.98 Å². The van der Waals surface area contributed by atoms with Gasteiger partial charge in [-0.15, -0.1) is 0 Å². The van der Waals surface area contributed by atoms with Gasteiger partial charge in [0.15, 0.2) is 0 Å². The summed E-state index contributed by atoms with van der Waals surface area (Å²) in [5.41, 5.74) is -2.47. The molecule has 9 heteroatoms. The second kappa shape index (κ2) is 4.82. The molecular weight excluding hydrogens is 321 g/mol. The molecule has 0 fully saturated rings. The molecule has 0 spiro atoms. The number of hydrogen-bond acceptors (Lipinski definition) is 4. The van der Waals surface area contributed by atoms with Crippen LogP contribution in [0.4, 0.5) is 13.2 Å². The lowest BCUT2D eigenvalue weighted by molar-refractivity contribution is -0.0560. The molecule has 1 unspecified atom stereocenters. The zero-order valence-electron chi connectivity index (χ0n) is 11.3. The summed E-state index contributed by atoms with van der Waals surface area (Å²) in [6.07, 6.45) is 3.33. The molecule has 118 valence electrons. The number of fused-ring (bicyclic) bond motifs is 3. The van der Waals surface area contributed by atoms with Crippen molar-refractivity contribution in [3.8, 4) is 0 Å². The Morgan fingerprint density at radius 3 is 2.82 bits per heavy atom. The van der Waals surface area contributed by atoms with E-state index in [1.807, 2.05) is 0 Å². The molecule has 1 aliphatic rings. The molecule has 5 nitrogen and oxygen atoms in total. The van der Waals surface area contributed by atoms with Gasteiger partial charge in [0.1, 0.15) is 6.10 Å². The number of halogens is 3. The van der Waals surface area contributed by atoms with Crippen molar-refractivity contribution < 1.29 is 25.8 Å². The molecule has 1 atom stereocenters. The highest BCUT2D eigenvalue weighted by Gasteiger charge is 2.48. The topological polar surface area (TPSA) is 72.0 Å². The molecule has 0 aliphatic heterocycles. The Kier molecular flexibility index (Phi) is 3.29. The number of aryl methyl sites for hydroxylation is 1. The second-order valence-electron chi connectivity index (χ2n) is 4.93. The number of alkyl halides is 3. The normalized spacial score (nSPS) is 18.6. The number of pyridine rings is 1. The molecule has 2 heterocycles. The molecule has 1 aliphatic carbocycles. The van der Waals surface area contributed by atoms with Crippen LogP contribution in [0.2, 0.25) is 0 Å². The van der Waals surface area contributed by atoms with E-state index in [-0.39, 0.29) is 6.42 Å². The van der Waals surface area contributed by atoms with Gasteiger partial charge in [0.2, 0.25) is 0 Å². The van der Waals surface area contributed by atoms with Crippen LogP contribution in [0.5, 0.6) is 0 Å². The Labute approximate surface area is 123 Å². The van der Waals surface area contributed by atoms with Crippen LogP contribution in [0, 0.1) is 6.92 Å². The fourth-order valence-electron chi connectivity index (χ4n) is 2.44. The minimum absolute atomic E-state index is 0.00919. The molecule has 0 saturated carbocycles. The number of nitrogens with one attached hydrogen (secondary N) is 1. The zero-order valence-corrected chi connectivity index (χ0v) is 12.1. The fraction of sp³-hybridized carbons (Fsp3) is 0.308. The van der Waals surface area contributed by atoms with Gasteiger partial charge >= 0.3 is 15.6 Å². The molecule has 3 rings (SSSR count). The van der Waals surface area contributed by atoms with Gasteiger partial charge in [-0.25, -0.2) is 0 Å². The zero-order chi connectivity index (χ0) is 16.1. The third-order valence-corrected chi connectivity index (χ3v) is 4.52. The van der Waals surface area contributed by atoms with Gasteiger partial charge in [0.25, 0.3) is 0 Å². The van der Waals surface area contributed by atoms with Crippen molar-refractivity contribution in [2.24, 2.45) is 0 Å². The maximum Gasteiger partial charge on any atom is 0.523 e. The molecule has 0 radical (unpaired) electrons. The summed E-state index contributed by atoms with van der Waals surface area (Å²) >= 11 is 0. The van der Waals surface area contributed by atoms with E-state index in [1.54, 1.807) is 25.3 Å². The van der Waals surface area contributed by atoms with E-state index >= 15 is 0 Å². The smallest absolute Gasteiger partial charge is 0.356 e. The first-order valence-electron chi connectivity index (χ1n) is 6.33. The monoisotopic (exact) mass is 332 g/mol. The summed E-state index contributed by atoms with van der Waals surface area (Å²) in [4.78, 5) is 7.20. The molecule has 2 aromatic heterocycles. The Balaban J connectivity index is 1.93. The SMILES string of the molecule is Cc1nccc2c3c([nH]c12)CC(OS(=O)(=O)C(F)(F)F)C=C3. The van der Waals surface area contributed by atoms with Crippen molar-refractivity contribution in [3.63, 3.8) is 0 Å². The van der Waals surface area contributed by atoms with Crippen LogP contribution in [0.3, 0.4) is 0 Å². The molecular formula is C13H11F3N2O3S. The van der Waals surface area contributed by atoms with E-state index in [9.17, 15) is 21.6 Å². The van der Waals surface area contributed by atoms with E-state index in [1.165, 1.54) is 6.08 Å². The summed E-state index contributed by atoms with van der Waals surface area (Å²) < 4.78 is 63.4. The number of aromatic amines is 1. The van der Waals surface area contributed by atoms with Crippen LogP contribution in [0.1, 0.15) is 17.0 Å². The maximum atomic E-state index is 12.4. The van der Waals surface area contributed by atoms with E-state index < -0.39 is 21.7 Å². The number of aromatic nitrogens is 2. The molecule has 0 aromatic carbocycles. The maximum absolute atomic E-state index is 12.4. The highest BCUT2D eigenvalue weighted by atomic mass is 32.2. The fourth-order valence-corrected chi connectivity index (χ4v) is 3.00. The standard InChI is InChI=1S/C13H11F3N2O3S/c1-7-12-10(4-5-17-7)9-3-2-8(6-11(9)18-12)21-22(19,20)13(14,15)16/h2-5,8,18H,6H2,1H3. The first-order chi connectivity index (χ1) is 10.2. The summed E-state index contributed by atoms with van der Waals surface area (Å²) in [5.74, 6) is 0. The van der Waals surface area contributed by atoms with Crippen LogP contribution in [-0.2, 0) is 20.7 Å². The number of nitrogens with zero attached hydrogens (tertiary/aromatic N) is 1. The van der Waals surface area contributed by atoms with Crippen LogP contribution < -0.4 is 0 Å². The van der Waals surface area contributed by atoms with Gasteiger partial charge in [0, 0.05) is 29.3 Å². The van der Waals surface area contributed by atoms with E-state index in [0.717, 1.165) is 22.2 Å². The lowest BCUT2D eigenvalue weighted by Gasteiger charge is -2.18. The van der Waals surface area contributed by atoms with Gasteiger partial charge in [-0.2, -0.15) is 21.6 Å². The predicted octanol–water partition coefficient (Wildman–Crippen LogP) is 2.68. The average Bonchev–Trinajstić information content (AvgIpc) is 2.76. The number of rotatable bonds is 2. The predicted molar refractivity (Wildman–Crippen MR) is 73.4 cm³/mol. The van der Waals surface area contributed by atoms with E-state index in [0.29, 0.717) is 5.69 Å². The average molecular weight is 332 g/mol. The van der Waals surface area contributed by atoms with E-state index in [4.69, 9.17) is 0 Å². The molecule has 0 saturated heterocycles. The molecule has 1 N–H and O–H groups in total. The van der Waals surface area contributed by atoms with Crippen molar-refractivity contribution in [3.05, 3.63) is 35.3 Å². The molecule has 0 amide bonds. The van der Waals surface area contributed by atoms with Gasteiger partial charge in [-0.05, 0) is 13.0 Å². The summed E-state index contributed by atoms with van der Waals surface area (Å²) in [7, 11) is -5.62. The second-order valence-corrected chi connectivity index (χ2v) is 6.50. The first kappa shape index (κ1) is 15.0. The Bertz CT molecular complexity index is 869. The Hall–Kier alpha value is -1.87. The minimum Gasteiger partial charge on any atom is -0.356 e. The lowest BCUT2D eigenvalue weighted by Crippen LogP contribution is -2.31. The van der Waals surface area contributed by atoms with Crippen molar-refractivity contribution in [1.29, 1.82) is 0 Å². The summed E-state index contributed by atoms with van der Waals surface area (Å²) in [6.45, 7) is 1.80. The van der Waals surface area contributed by atoms with Gasteiger partial charge in [0.05, 0.1) is 11.2 Å². The highest BCUT2D eigenvalue weighted by Crippen LogP contribution is 2.32. The van der Waals surface area contributed by atoms with Crippen LogP contribution in [0.25, 0.3) is 17.0 Å².